The lowest BCUT2D eigenvalue weighted by molar-refractivity contribution is 0.545. The molecule has 0 bridgehead atoms. The van der Waals surface area contributed by atoms with Crippen molar-refractivity contribution in [3.8, 4) is 0 Å². The maximum atomic E-state index is 14.3. The van der Waals surface area contributed by atoms with Gasteiger partial charge in [-0.05, 0) is 50.9 Å². The van der Waals surface area contributed by atoms with E-state index in [-0.39, 0.29) is 11.9 Å². The molecule has 21 heavy (non-hydrogen) atoms. The van der Waals surface area contributed by atoms with E-state index in [0.29, 0.717) is 0 Å². The second-order valence-corrected chi connectivity index (χ2v) is 5.77. The van der Waals surface area contributed by atoms with Crippen molar-refractivity contribution in [2.45, 2.75) is 40.2 Å². The van der Waals surface area contributed by atoms with E-state index in [9.17, 15) is 4.39 Å². The standard InChI is InChI=1S/C19H24FN/c1-5-10-21-19(16-8-6-13(2)11-15(16)4)17-12-14(3)7-9-18(17)20/h6-9,11-12,19,21H,5,10H2,1-4H3. The average Bonchev–Trinajstić information content (AvgIpc) is 2.44. The van der Waals surface area contributed by atoms with Crippen molar-refractivity contribution >= 4 is 0 Å². The van der Waals surface area contributed by atoms with Crippen LogP contribution in [0.2, 0.25) is 0 Å². The Kier molecular flexibility index (Phi) is 5.13. The van der Waals surface area contributed by atoms with Crippen LogP contribution in [0.4, 0.5) is 4.39 Å². The molecular weight excluding hydrogens is 261 g/mol. The van der Waals surface area contributed by atoms with Crippen molar-refractivity contribution in [3.05, 3.63) is 70.0 Å². The third kappa shape index (κ3) is 3.70. The molecule has 0 aliphatic heterocycles. The molecule has 2 aromatic carbocycles. The van der Waals surface area contributed by atoms with E-state index in [1.165, 1.54) is 11.1 Å². The minimum absolute atomic E-state index is 0.0922. The molecule has 0 aliphatic carbocycles. The topological polar surface area (TPSA) is 12.0 Å². The van der Waals surface area contributed by atoms with E-state index in [2.05, 4.69) is 44.3 Å². The van der Waals surface area contributed by atoms with Gasteiger partial charge in [-0.1, -0.05) is 48.4 Å². The van der Waals surface area contributed by atoms with Crippen LogP contribution in [0, 0.1) is 26.6 Å². The highest BCUT2D eigenvalue weighted by molar-refractivity contribution is 5.40. The Hall–Kier alpha value is -1.67. The van der Waals surface area contributed by atoms with Crippen molar-refractivity contribution in [3.63, 3.8) is 0 Å². The third-order valence-electron chi connectivity index (χ3n) is 3.80. The number of halogens is 1. The molecule has 1 nitrogen and oxygen atoms in total. The minimum Gasteiger partial charge on any atom is -0.306 e. The van der Waals surface area contributed by atoms with Crippen LogP contribution in [-0.2, 0) is 0 Å². The van der Waals surface area contributed by atoms with Gasteiger partial charge in [0, 0.05) is 5.56 Å². The fraction of sp³-hybridized carbons (Fsp3) is 0.368. The minimum atomic E-state index is -0.144. The lowest BCUT2D eigenvalue weighted by atomic mass is 9.92. The Bertz CT molecular complexity index is 619. The lowest BCUT2D eigenvalue weighted by Gasteiger charge is -2.23. The molecule has 0 fully saturated rings. The van der Waals surface area contributed by atoms with Crippen LogP contribution in [0.5, 0.6) is 0 Å². The van der Waals surface area contributed by atoms with Gasteiger partial charge in [0.2, 0.25) is 0 Å². The maximum absolute atomic E-state index is 14.3. The SMILES string of the molecule is CCCNC(c1ccc(C)cc1C)c1cc(C)ccc1F. The molecule has 2 heteroatoms. The molecule has 2 aromatic rings. The first-order valence-corrected chi connectivity index (χ1v) is 7.59. The smallest absolute Gasteiger partial charge is 0.128 e. The van der Waals surface area contributed by atoms with Crippen LogP contribution >= 0.6 is 0 Å². The van der Waals surface area contributed by atoms with Crippen molar-refractivity contribution in [2.24, 2.45) is 0 Å². The molecule has 0 aromatic heterocycles. The highest BCUT2D eigenvalue weighted by atomic mass is 19.1. The quantitative estimate of drug-likeness (QED) is 0.829. The predicted octanol–water partition coefficient (Wildman–Crippen LogP) is 4.84. The number of nitrogens with one attached hydrogen (secondary N) is 1. The summed E-state index contributed by atoms with van der Waals surface area (Å²) in [7, 11) is 0. The van der Waals surface area contributed by atoms with Gasteiger partial charge in [-0.25, -0.2) is 4.39 Å². The summed E-state index contributed by atoms with van der Waals surface area (Å²) >= 11 is 0. The normalized spacial score (nSPS) is 12.4. The van der Waals surface area contributed by atoms with E-state index in [1.54, 1.807) is 6.07 Å². The Morgan fingerprint density at radius 3 is 2.29 bits per heavy atom. The van der Waals surface area contributed by atoms with Gasteiger partial charge in [-0.3, -0.25) is 0 Å². The van der Waals surface area contributed by atoms with Crippen LogP contribution in [0.3, 0.4) is 0 Å². The lowest BCUT2D eigenvalue weighted by Crippen LogP contribution is -2.25. The van der Waals surface area contributed by atoms with Gasteiger partial charge in [0.25, 0.3) is 0 Å². The van der Waals surface area contributed by atoms with E-state index in [1.807, 2.05) is 19.1 Å². The van der Waals surface area contributed by atoms with E-state index < -0.39 is 0 Å². The number of benzene rings is 2. The Morgan fingerprint density at radius 2 is 1.62 bits per heavy atom. The van der Waals surface area contributed by atoms with Crippen molar-refractivity contribution < 1.29 is 4.39 Å². The van der Waals surface area contributed by atoms with Gasteiger partial charge < -0.3 is 5.32 Å². The van der Waals surface area contributed by atoms with E-state index in [0.717, 1.165) is 29.7 Å². The molecule has 0 radical (unpaired) electrons. The van der Waals surface area contributed by atoms with Gasteiger partial charge in [-0.2, -0.15) is 0 Å². The highest BCUT2D eigenvalue weighted by Crippen LogP contribution is 2.28. The highest BCUT2D eigenvalue weighted by Gasteiger charge is 2.19. The summed E-state index contributed by atoms with van der Waals surface area (Å²) in [6.07, 6.45) is 1.02. The zero-order valence-electron chi connectivity index (χ0n) is 13.3. The molecular formula is C19H24FN. The molecule has 1 N–H and O–H groups in total. The van der Waals surface area contributed by atoms with Gasteiger partial charge in [0.05, 0.1) is 6.04 Å². The summed E-state index contributed by atoms with van der Waals surface area (Å²) < 4.78 is 14.3. The van der Waals surface area contributed by atoms with Crippen LogP contribution in [0.1, 0.15) is 47.2 Å². The summed E-state index contributed by atoms with van der Waals surface area (Å²) in [6, 6.07) is 11.6. The van der Waals surface area contributed by atoms with Gasteiger partial charge >= 0.3 is 0 Å². The van der Waals surface area contributed by atoms with Gasteiger partial charge in [0.1, 0.15) is 5.82 Å². The van der Waals surface area contributed by atoms with Crippen molar-refractivity contribution in [1.29, 1.82) is 0 Å². The largest absolute Gasteiger partial charge is 0.306 e. The summed E-state index contributed by atoms with van der Waals surface area (Å²) in [4.78, 5) is 0. The number of hydrogen-bond acceptors (Lipinski definition) is 1. The molecule has 1 atom stereocenters. The first-order valence-electron chi connectivity index (χ1n) is 7.59. The molecule has 1 unspecified atom stereocenters. The molecule has 0 spiro atoms. The molecule has 0 amide bonds. The average molecular weight is 285 g/mol. The second kappa shape index (κ2) is 6.86. The number of aryl methyl sites for hydroxylation is 3. The van der Waals surface area contributed by atoms with Crippen LogP contribution in [0.25, 0.3) is 0 Å². The van der Waals surface area contributed by atoms with E-state index in [4.69, 9.17) is 0 Å². The summed E-state index contributed by atoms with van der Waals surface area (Å²) in [5.74, 6) is -0.144. The summed E-state index contributed by atoms with van der Waals surface area (Å²) in [5.41, 5.74) is 5.40. The Balaban J connectivity index is 2.49. The molecule has 0 saturated heterocycles. The van der Waals surface area contributed by atoms with Gasteiger partial charge in [-0.15, -0.1) is 0 Å². The molecule has 0 saturated carbocycles. The monoisotopic (exact) mass is 285 g/mol. The van der Waals surface area contributed by atoms with Gasteiger partial charge in [0.15, 0.2) is 0 Å². The van der Waals surface area contributed by atoms with Crippen LogP contribution < -0.4 is 5.32 Å². The maximum Gasteiger partial charge on any atom is 0.128 e. The molecule has 2 rings (SSSR count). The third-order valence-corrected chi connectivity index (χ3v) is 3.80. The fourth-order valence-electron chi connectivity index (χ4n) is 2.71. The van der Waals surface area contributed by atoms with Crippen molar-refractivity contribution in [2.75, 3.05) is 6.54 Å². The number of hydrogen-bond donors (Lipinski definition) is 1. The predicted molar refractivity (Wildman–Crippen MR) is 87.2 cm³/mol. The van der Waals surface area contributed by atoms with Crippen molar-refractivity contribution in [1.82, 2.24) is 5.32 Å². The molecule has 0 aliphatic rings. The first-order chi connectivity index (χ1) is 10.0. The summed E-state index contributed by atoms with van der Waals surface area (Å²) in [5, 5.41) is 3.49. The molecule has 0 heterocycles. The summed E-state index contributed by atoms with van der Waals surface area (Å²) in [6.45, 7) is 9.17. The number of rotatable bonds is 5. The van der Waals surface area contributed by atoms with Crippen LogP contribution in [-0.4, -0.2) is 6.54 Å². The first kappa shape index (κ1) is 15.7. The zero-order chi connectivity index (χ0) is 15.4. The zero-order valence-corrected chi connectivity index (χ0v) is 13.3. The van der Waals surface area contributed by atoms with Crippen LogP contribution in [0.15, 0.2) is 36.4 Å². The second-order valence-electron chi connectivity index (χ2n) is 5.77. The molecule has 112 valence electrons. The Labute approximate surface area is 127 Å². The Morgan fingerprint density at radius 1 is 0.952 bits per heavy atom. The fourth-order valence-corrected chi connectivity index (χ4v) is 2.71. The van der Waals surface area contributed by atoms with E-state index >= 15 is 0 Å².